The molecule has 5 aromatic carbocycles. The molecule has 55 heavy (non-hydrogen) atoms. The van der Waals surface area contributed by atoms with Gasteiger partial charge in [0.15, 0.2) is 5.75 Å². The number of nitrogens with two attached hydrogens (primary N) is 1. The third-order valence-corrected chi connectivity index (χ3v) is 11.2. The quantitative estimate of drug-likeness (QED) is 0.0510. The van der Waals surface area contributed by atoms with Crippen LogP contribution in [0.1, 0.15) is 0 Å². The minimum atomic E-state index is -5.33. The molecule has 0 aliphatic rings. The Hall–Kier alpha value is -5.64. The summed E-state index contributed by atoms with van der Waals surface area (Å²) in [5, 5.41) is 23.2. The van der Waals surface area contributed by atoms with Gasteiger partial charge in [0.25, 0.3) is 40.5 Å². The molecule has 286 valence electrons. The third kappa shape index (κ3) is 8.23. The average molecular weight is 853 g/mol. The second kappa shape index (κ2) is 13.9. The van der Waals surface area contributed by atoms with Gasteiger partial charge in [0.05, 0.1) is 16.3 Å². The Bertz CT molecular complexity index is 3100. The monoisotopic (exact) mass is 852 g/mol. The molecule has 6 rings (SSSR count). The van der Waals surface area contributed by atoms with Crippen molar-refractivity contribution in [2.24, 2.45) is 10.2 Å². The van der Waals surface area contributed by atoms with Crippen molar-refractivity contribution in [3.05, 3.63) is 78.1 Å². The van der Waals surface area contributed by atoms with Gasteiger partial charge in [-0.1, -0.05) is 30.3 Å². The van der Waals surface area contributed by atoms with E-state index in [0.717, 1.165) is 30.3 Å². The molecular formula is C29H21ClN8O13S4. The maximum absolute atomic E-state index is 12.6. The zero-order chi connectivity index (χ0) is 40.2. The van der Waals surface area contributed by atoms with Crippen LogP contribution >= 0.6 is 11.6 Å². The summed E-state index contributed by atoms with van der Waals surface area (Å²) in [6.45, 7) is 0. The Labute approximate surface area is 314 Å². The molecular weight excluding hydrogens is 832 g/mol. The van der Waals surface area contributed by atoms with Crippen LogP contribution in [-0.4, -0.2) is 71.9 Å². The fraction of sp³-hybridized carbons (Fsp3) is 0. The summed E-state index contributed by atoms with van der Waals surface area (Å²) < 4.78 is 137. The molecule has 0 spiro atoms. The number of aromatic nitrogens is 3. The molecule has 0 saturated heterocycles. The van der Waals surface area contributed by atoms with E-state index in [1.807, 2.05) is 0 Å². The van der Waals surface area contributed by atoms with Crippen molar-refractivity contribution in [3.8, 4) is 5.75 Å². The van der Waals surface area contributed by atoms with Gasteiger partial charge in [0, 0.05) is 16.5 Å². The van der Waals surface area contributed by atoms with E-state index in [-0.39, 0.29) is 22.7 Å². The van der Waals surface area contributed by atoms with Gasteiger partial charge < -0.3 is 21.5 Å². The summed E-state index contributed by atoms with van der Waals surface area (Å²) in [6, 6.07) is 13.9. The normalized spacial score (nSPS) is 12.7. The van der Waals surface area contributed by atoms with E-state index in [9.17, 15) is 57.0 Å². The fourth-order valence-corrected chi connectivity index (χ4v) is 8.05. The highest BCUT2D eigenvalue weighted by Gasteiger charge is 2.27. The summed E-state index contributed by atoms with van der Waals surface area (Å²) in [5.41, 5.74) is 3.49. The number of hydrogen-bond acceptors (Lipinski definition) is 17. The van der Waals surface area contributed by atoms with Crippen LogP contribution in [0.25, 0.3) is 21.5 Å². The van der Waals surface area contributed by atoms with E-state index in [1.54, 1.807) is 6.07 Å². The molecule has 1 aromatic heterocycles. The number of aromatic hydroxyl groups is 1. The van der Waals surface area contributed by atoms with E-state index in [2.05, 4.69) is 35.8 Å². The first kappa shape index (κ1) is 39.1. The Morgan fingerprint density at radius 1 is 0.655 bits per heavy atom. The van der Waals surface area contributed by atoms with Crippen molar-refractivity contribution in [1.82, 2.24) is 15.0 Å². The number of nitrogens with zero attached hydrogens (tertiary/aromatic N) is 5. The van der Waals surface area contributed by atoms with Crippen molar-refractivity contribution in [2.45, 2.75) is 19.6 Å². The van der Waals surface area contributed by atoms with Crippen LogP contribution in [0, 0.1) is 0 Å². The summed E-state index contributed by atoms with van der Waals surface area (Å²) in [4.78, 5) is 8.50. The zero-order valence-electron chi connectivity index (χ0n) is 26.8. The average Bonchev–Trinajstić information content (AvgIpc) is 3.05. The zero-order valence-corrected chi connectivity index (χ0v) is 30.8. The van der Waals surface area contributed by atoms with Gasteiger partial charge in [0.1, 0.15) is 26.1 Å². The summed E-state index contributed by atoms with van der Waals surface area (Å²) >= 11 is 6.08. The molecule has 9 N–H and O–H groups in total. The lowest BCUT2D eigenvalue weighted by Gasteiger charge is -2.15. The minimum absolute atomic E-state index is 0.00636. The highest BCUT2D eigenvalue weighted by Crippen LogP contribution is 2.46. The predicted molar refractivity (Wildman–Crippen MR) is 195 cm³/mol. The summed E-state index contributed by atoms with van der Waals surface area (Å²) in [7, 11) is -20.0. The number of hydrogen-bond donors (Lipinski definition) is 8. The van der Waals surface area contributed by atoms with Gasteiger partial charge in [-0.05, 0) is 64.8 Å². The van der Waals surface area contributed by atoms with E-state index in [0.29, 0.717) is 11.5 Å². The molecule has 0 fully saturated rings. The van der Waals surface area contributed by atoms with Crippen LogP contribution < -0.4 is 16.4 Å². The highest BCUT2D eigenvalue weighted by molar-refractivity contribution is 7.86. The van der Waals surface area contributed by atoms with Crippen molar-refractivity contribution in [1.29, 1.82) is 0 Å². The third-order valence-electron chi connectivity index (χ3n) is 7.47. The Balaban J connectivity index is 1.52. The largest absolute Gasteiger partial charge is 0.505 e. The minimum Gasteiger partial charge on any atom is -0.505 e. The second-order valence-electron chi connectivity index (χ2n) is 11.1. The second-order valence-corrected chi connectivity index (χ2v) is 17.0. The molecule has 0 aliphatic heterocycles. The maximum atomic E-state index is 12.6. The number of nitrogens with one attached hydrogen (secondary N) is 2. The molecule has 0 atom stereocenters. The molecule has 6 aromatic rings. The molecule has 21 nitrogen and oxygen atoms in total. The van der Waals surface area contributed by atoms with Crippen LogP contribution in [0.2, 0.25) is 5.28 Å². The maximum Gasteiger partial charge on any atom is 0.297 e. The lowest BCUT2D eigenvalue weighted by atomic mass is 10.1. The van der Waals surface area contributed by atoms with Crippen molar-refractivity contribution >= 4 is 114 Å². The first-order chi connectivity index (χ1) is 25.5. The van der Waals surface area contributed by atoms with Crippen LogP contribution in [0.5, 0.6) is 5.75 Å². The highest BCUT2D eigenvalue weighted by atomic mass is 35.5. The standard InChI is InChI=1S/C29H21ClN8O13S4/c30-27-34-28(32-15-6-8-21(18(31)11-15)53(43,44)45)36-29(35-27)33-20-12-16(52(40,41)42)9-14-10-22(54(46,47)48)24(25(39)23(14)20)38-37-19-7-5-13-3-1-2-4-17(13)26(19)55(49,50)51/h1-12,39H,31H2,(H,40,41,42)(H,43,44,45)(H,46,47,48)(H,49,50,51)(H2,32,33,34,35,36). The molecule has 0 unspecified atom stereocenters. The number of phenols is 1. The number of benzene rings is 5. The molecule has 0 radical (unpaired) electrons. The number of rotatable bonds is 10. The van der Waals surface area contributed by atoms with E-state index >= 15 is 0 Å². The summed E-state index contributed by atoms with van der Waals surface area (Å²) in [6.07, 6.45) is 0. The van der Waals surface area contributed by atoms with Gasteiger partial charge in [-0.2, -0.15) is 48.6 Å². The topological polar surface area (TPSA) is 351 Å². The lowest BCUT2D eigenvalue weighted by molar-refractivity contribution is 0.472. The number of anilines is 5. The number of phenolic OH excluding ortho intramolecular Hbond substituents is 1. The number of nitrogen functional groups attached to an aromatic ring is 1. The Morgan fingerprint density at radius 3 is 1.93 bits per heavy atom. The number of fused-ring (bicyclic) bond motifs is 2. The van der Waals surface area contributed by atoms with E-state index < -0.39 is 105 Å². The first-order valence-electron chi connectivity index (χ1n) is 14.5. The van der Waals surface area contributed by atoms with E-state index in [4.69, 9.17) is 17.3 Å². The van der Waals surface area contributed by atoms with Crippen LogP contribution in [0.4, 0.5) is 40.3 Å². The summed E-state index contributed by atoms with van der Waals surface area (Å²) in [5.74, 6) is -1.90. The van der Waals surface area contributed by atoms with Crippen molar-refractivity contribution in [3.63, 3.8) is 0 Å². The predicted octanol–water partition coefficient (Wildman–Crippen LogP) is 5.01. The molecule has 0 bridgehead atoms. The number of azo groups is 1. The number of halogens is 1. The molecule has 0 amide bonds. The van der Waals surface area contributed by atoms with E-state index in [1.165, 1.54) is 30.3 Å². The molecule has 0 saturated carbocycles. The Kier molecular flexibility index (Phi) is 9.87. The van der Waals surface area contributed by atoms with Crippen LogP contribution in [-0.2, 0) is 40.5 Å². The molecule has 1 heterocycles. The van der Waals surface area contributed by atoms with Crippen LogP contribution in [0.3, 0.4) is 0 Å². The molecule has 0 aliphatic carbocycles. The van der Waals surface area contributed by atoms with Gasteiger partial charge in [-0.25, -0.2) is 0 Å². The van der Waals surface area contributed by atoms with Gasteiger partial charge in [0.2, 0.25) is 17.2 Å². The lowest BCUT2D eigenvalue weighted by Crippen LogP contribution is -2.07. The van der Waals surface area contributed by atoms with Gasteiger partial charge in [-0.15, -0.1) is 10.2 Å². The van der Waals surface area contributed by atoms with Crippen molar-refractivity contribution < 1.29 is 57.0 Å². The SMILES string of the molecule is Nc1cc(Nc2nc(Cl)nc(Nc3cc(S(=O)(=O)O)cc4cc(S(=O)(=O)O)c(N=Nc5ccc6ccccc6c5S(=O)(=O)O)c(O)c34)n2)ccc1S(=O)(=O)O. The smallest absolute Gasteiger partial charge is 0.297 e. The van der Waals surface area contributed by atoms with Crippen molar-refractivity contribution in [2.75, 3.05) is 16.4 Å². The van der Waals surface area contributed by atoms with Gasteiger partial charge in [-0.3, -0.25) is 18.2 Å². The fourth-order valence-electron chi connectivity index (χ4n) is 5.26. The van der Waals surface area contributed by atoms with Crippen LogP contribution in [0.15, 0.2) is 103 Å². The van der Waals surface area contributed by atoms with Gasteiger partial charge >= 0.3 is 0 Å². The molecule has 26 heteroatoms. The first-order valence-corrected chi connectivity index (χ1v) is 20.7. The Morgan fingerprint density at radius 2 is 1.31 bits per heavy atom.